The molecule has 7 nitrogen and oxygen atoms in total. The predicted octanol–water partition coefficient (Wildman–Crippen LogP) is 6.85. The molecule has 0 spiro atoms. The first-order chi connectivity index (χ1) is 20.4. The number of rotatable bonds is 11. The van der Waals surface area contributed by atoms with Crippen LogP contribution in [0, 0.1) is 12.3 Å². The third-order valence-electron chi connectivity index (χ3n) is 5.85. The Balaban J connectivity index is 0.00000144. The number of amides is 1. The number of allylic oxidation sites excluding steroid dienone is 2. The molecule has 42 heavy (non-hydrogen) atoms. The van der Waals surface area contributed by atoms with E-state index in [2.05, 4.69) is 16.2 Å². The Kier molecular flexibility index (Phi) is 14.4. The van der Waals surface area contributed by atoms with Gasteiger partial charge in [-0.1, -0.05) is 60.5 Å². The lowest BCUT2D eigenvalue weighted by Gasteiger charge is -2.19. The van der Waals surface area contributed by atoms with Gasteiger partial charge in [0, 0.05) is 12.6 Å². The van der Waals surface area contributed by atoms with Gasteiger partial charge in [-0.2, -0.15) is 0 Å². The fourth-order valence-corrected chi connectivity index (χ4v) is 3.59. The van der Waals surface area contributed by atoms with Crippen molar-refractivity contribution in [3.63, 3.8) is 0 Å². The molecular weight excluding hydrogens is 528 g/mol. The van der Waals surface area contributed by atoms with E-state index < -0.39 is 11.9 Å². The summed E-state index contributed by atoms with van der Waals surface area (Å²) < 4.78 is 17.2. The molecule has 3 aromatic carbocycles. The van der Waals surface area contributed by atoms with Crippen molar-refractivity contribution in [3.05, 3.63) is 107 Å². The lowest BCUT2D eigenvalue weighted by molar-refractivity contribution is -0.143. The Morgan fingerprint density at radius 2 is 1.57 bits per heavy atom. The maximum absolute atomic E-state index is 13.1. The SMILES string of the molecule is C#C/C(C(=O)NCC(=O)OCC)=C(/OCc1ccccc1)c1ccc(Oc2ccccc2)cc1/C(C)=C\C.CC=NC. The number of hydrogen-bond donors (Lipinski definition) is 1. The van der Waals surface area contributed by atoms with Crippen LogP contribution in [0.1, 0.15) is 44.4 Å². The van der Waals surface area contributed by atoms with Crippen LogP contribution >= 0.6 is 0 Å². The van der Waals surface area contributed by atoms with Gasteiger partial charge in [0.05, 0.1) is 6.61 Å². The molecule has 0 aliphatic heterocycles. The highest BCUT2D eigenvalue weighted by Crippen LogP contribution is 2.34. The Morgan fingerprint density at radius 1 is 0.929 bits per heavy atom. The smallest absolute Gasteiger partial charge is 0.325 e. The summed E-state index contributed by atoms with van der Waals surface area (Å²) in [6.45, 7) is 7.54. The number of nitrogens with zero attached hydrogens (tertiary/aromatic N) is 1. The van der Waals surface area contributed by atoms with Crippen LogP contribution in [0.5, 0.6) is 11.5 Å². The van der Waals surface area contributed by atoms with E-state index in [1.165, 1.54) is 0 Å². The number of para-hydroxylation sites is 1. The summed E-state index contributed by atoms with van der Waals surface area (Å²) in [6.07, 6.45) is 9.54. The van der Waals surface area contributed by atoms with Crippen LogP contribution < -0.4 is 10.1 Å². The highest BCUT2D eigenvalue weighted by molar-refractivity contribution is 6.05. The molecule has 0 atom stereocenters. The monoisotopic (exact) mass is 566 g/mol. The Bertz CT molecular complexity index is 1430. The second kappa shape index (κ2) is 18.3. The normalized spacial score (nSPS) is 11.4. The summed E-state index contributed by atoms with van der Waals surface area (Å²) in [4.78, 5) is 28.6. The van der Waals surface area contributed by atoms with Crippen molar-refractivity contribution in [2.75, 3.05) is 20.2 Å². The highest BCUT2D eigenvalue weighted by Gasteiger charge is 2.22. The van der Waals surface area contributed by atoms with Crippen molar-refractivity contribution in [2.45, 2.75) is 34.3 Å². The van der Waals surface area contributed by atoms with E-state index >= 15 is 0 Å². The molecule has 0 bridgehead atoms. The molecule has 0 saturated heterocycles. The molecule has 0 aliphatic carbocycles. The van der Waals surface area contributed by atoms with Gasteiger partial charge in [0.2, 0.25) is 0 Å². The molecule has 0 heterocycles. The van der Waals surface area contributed by atoms with E-state index in [9.17, 15) is 9.59 Å². The molecule has 0 unspecified atom stereocenters. The number of esters is 1. The van der Waals surface area contributed by atoms with Crippen molar-refractivity contribution in [1.82, 2.24) is 5.32 Å². The zero-order valence-corrected chi connectivity index (χ0v) is 24.8. The molecule has 7 heteroatoms. The maximum atomic E-state index is 13.1. The van der Waals surface area contributed by atoms with Crippen molar-refractivity contribution in [2.24, 2.45) is 4.99 Å². The summed E-state index contributed by atoms with van der Waals surface area (Å²) in [7, 11) is 1.75. The minimum absolute atomic E-state index is 0.0351. The van der Waals surface area contributed by atoms with E-state index in [1.54, 1.807) is 26.3 Å². The Labute approximate surface area is 248 Å². The molecule has 3 aromatic rings. The number of carbonyl (C=O) groups excluding carboxylic acids is 2. The van der Waals surface area contributed by atoms with Crippen molar-refractivity contribution in [1.29, 1.82) is 0 Å². The summed E-state index contributed by atoms with van der Waals surface area (Å²) in [5, 5.41) is 2.54. The molecule has 0 fully saturated rings. The first-order valence-electron chi connectivity index (χ1n) is 13.6. The topological polar surface area (TPSA) is 86.2 Å². The van der Waals surface area contributed by atoms with E-state index in [0.29, 0.717) is 17.1 Å². The number of benzene rings is 3. The first-order valence-corrected chi connectivity index (χ1v) is 13.6. The van der Waals surface area contributed by atoms with Crippen molar-refractivity contribution in [3.8, 4) is 23.8 Å². The summed E-state index contributed by atoms with van der Waals surface area (Å²) in [5.41, 5.74) is 3.21. The summed E-state index contributed by atoms with van der Waals surface area (Å²) >= 11 is 0. The van der Waals surface area contributed by atoms with Crippen LogP contribution in [0.15, 0.2) is 95.5 Å². The van der Waals surface area contributed by atoms with Crippen molar-refractivity contribution < 1.29 is 23.8 Å². The molecule has 1 N–H and O–H groups in total. The minimum Gasteiger partial charge on any atom is -0.487 e. The van der Waals surface area contributed by atoms with Gasteiger partial charge in [-0.25, -0.2) is 0 Å². The fourth-order valence-electron chi connectivity index (χ4n) is 3.59. The van der Waals surface area contributed by atoms with Crippen LogP contribution in [0.2, 0.25) is 0 Å². The maximum Gasteiger partial charge on any atom is 0.325 e. The van der Waals surface area contributed by atoms with Crippen molar-refractivity contribution >= 4 is 29.4 Å². The van der Waals surface area contributed by atoms with Gasteiger partial charge in [0.1, 0.15) is 36.0 Å². The third kappa shape index (κ3) is 10.5. The molecule has 0 aliphatic rings. The zero-order valence-electron chi connectivity index (χ0n) is 24.8. The first kappa shape index (κ1) is 33.1. The van der Waals surface area contributed by atoms with E-state index in [-0.39, 0.29) is 31.1 Å². The molecule has 3 rings (SSSR count). The number of nitrogens with one attached hydrogen (secondary N) is 1. The number of ether oxygens (including phenoxy) is 3. The van der Waals surface area contributed by atoms with E-state index in [0.717, 1.165) is 16.7 Å². The van der Waals surface area contributed by atoms with Gasteiger partial charge in [0.25, 0.3) is 5.91 Å². The van der Waals surface area contributed by atoms with E-state index in [1.807, 2.05) is 99.6 Å². The van der Waals surface area contributed by atoms with Crippen LogP contribution in [-0.4, -0.2) is 38.3 Å². The number of terminal acetylenes is 1. The minimum atomic E-state index is -0.614. The van der Waals surface area contributed by atoms with Gasteiger partial charge in [0.15, 0.2) is 0 Å². The average molecular weight is 567 g/mol. The second-order valence-electron chi connectivity index (χ2n) is 8.72. The van der Waals surface area contributed by atoms with Crippen LogP contribution in [0.4, 0.5) is 0 Å². The van der Waals surface area contributed by atoms with Gasteiger partial charge in [-0.3, -0.25) is 9.59 Å². The van der Waals surface area contributed by atoms with Crippen LogP contribution in [0.3, 0.4) is 0 Å². The highest BCUT2D eigenvalue weighted by atomic mass is 16.5. The number of aliphatic imine (C=N–C) groups is 1. The van der Waals surface area contributed by atoms with Gasteiger partial charge in [-0.15, -0.1) is 6.42 Å². The Hall–Kier alpha value is -5.09. The van der Waals surface area contributed by atoms with E-state index in [4.69, 9.17) is 20.6 Å². The van der Waals surface area contributed by atoms with Gasteiger partial charge in [-0.05, 0) is 80.9 Å². The standard InChI is InChI=1S/C32H31NO5.C3H7N/c1-5-23(4)29-20-26(38-25-16-12-9-13-17-25)18-19-28(29)31(37-22-24-14-10-8-11-15-24)27(6-2)32(35)33-21-30(34)36-7-3;1-3-4-2/h2,5,8-20H,7,21-22H2,1,3-4H3,(H,33,35);3H,1-2H3/b23-5-,31-27-;. The number of carbonyl (C=O) groups is 2. The largest absolute Gasteiger partial charge is 0.487 e. The quantitative estimate of drug-likeness (QED) is 0.0902. The Morgan fingerprint density at radius 3 is 2.14 bits per heavy atom. The third-order valence-corrected chi connectivity index (χ3v) is 5.85. The predicted molar refractivity (Wildman–Crippen MR) is 169 cm³/mol. The summed E-state index contributed by atoms with van der Waals surface area (Å²) in [6, 6.07) is 24.5. The molecule has 0 saturated carbocycles. The van der Waals surface area contributed by atoms with Gasteiger partial charge < -0.3 is 24.5 Å². The number of hydrogen-bond acceptors (Lipinski definition) is 6. The molecule has 0 aromatic heterocycles. The van der Waals surface area contributed by atoms with Gasteiger partial charge >= 0.3 is 5.97 Å². The lowest BCUT2D eigenvalue weighted by atomic mass is 9.96. The lowest BCUT2D eigenvalue weighted by Crippen LogP contribution is -2.32. The van der Waals surface area contributed by atoms with Crippen LogP contribution in [-0.2, 0) is 25.7 Å². The molecular formula is C35H38N2O5. The fraction of sp³-hybridized carbons (Fsp3) is 0.229. The van der Waals surface area contributed by atoms with Crippen LogP contribution in [0.25, 0.3) is 11.3 Å². The summed E-state index contributed by atoms with van der Waals surface area (Å²) in [5.74, 6) is 2.84. The molecule has 0 radical (unpaired) electrons. The molecule has 1 amide bonds. The average Bonchev–Trinajstić information content (AvgIpc) is 3.03. The molecule has 218 valence electrons. The second-order valence-corrected chi connectivity index (χ2v) is 8.72. The zero-order chi connectivity index (χ0) is 30.7.